The van der Waals surface area contributed by atoms with Crippen LogP contribution in [-0.4, -0.2) is 30.6 Å². The molecular formula is C16H14FN3O5. The Morgan fingerprint density at radius 2 is 1.84 bits per heavy atom. The van der Waals surface area contributed by atoms with Crippen LogP contribution in [0.1, 0.15) is 32.6 Å². The van der Waals surface area contributed by atoms with Gasteiger partial charge in [0.05, 0.1) is 16.8 Å². The minimum Gasteiger partial charge on any atom is -0.384 e. The minimum atomic E-state index is -0.990. The van der Waals surface area contributed by atoms with Crippen LogP contribution in [0.4, 0.5) is 10.2 Å². The summed E-state index contributed by atoms with van der Waals surface area (Å²) in [6.07, 6.45) is -0.990. The largest absolute Gasteiger partial charge is 0.384 e. The summed E-state index contributed by atoms with van der Waals surface area (Å²) >= 11 is 0. The van der Waals surface area contributed by atoms with E-state index in [0.717, 1.165) is 10.6 Å². The lowest BCUT2D eigenvalue weighted by atomic mass is 10.1. The number of fused-ring (bicyclic) bond motifs is 1. The molecule has 3 N–H and O–H groups in total. The molecule has 0 bridgehead atoms. The van der Waals surface area contributed by atoms with Crippen molar-refractivity contribution in [2.24, 2.45) is 0 Å². The number of anilines is 1. The number of pyridine rings is 1. The first-order valence-electron chi connectivity index (χ1n) is 7.16. The molecule has 8 nitrogen and oxygen atoms in total. The third-order valence-electron chi connectivity index (χ3n) is 3.88. The van der Waals surface area contributed by atoms with Gasteiger partial charge in [0, 0.05) is 25.8 Å². The molecule has 0 atom stereocenters. The van der Waals surface area contributed by atoms with Gasteiger partial charge in [0.1, 0.15) is 5.82 Å². The fourth-order valence-electron chi connectivity index (χ4n) is 2.77. The fourth-order valence-corrected chi connectivity index (χ4v) is 2.77. The van der Waals surface area contributed by atoms with Crippen LogP contribution < -0.4 is 16.6 Å². The number of aromatic nitrogens is 1. The number of carbonyl (C=O) groups excluding carboxylic acids is 2. The molecule has 130 valence electrons. The van der Waals surface area contributed by atoms with E-state index >= 15 is 0 Å². The number of nitrogen functional groups attached to an aromatic ring is 1. The molecule has 0 spiro atoms. The predicted molar refractivity (Wildman–Crippen MR) is 85.0 cm³/mol. The average Bonchev–Trinajstić information content (AvgIpc) is 2.85. The van der Waals surface area contributed by atoms with Crippen molar-refractivity contribution >= 4 is 17.6 Å². The lowest BCUT2D eigenvalue weighted by Crippen LogP contribution is -2.25. The van der Waals surface area contributed by atoms with Gasteiger partial charge in [-0.05, 0) is 6.07 Å². The molecule has 0 fully saturated rings. The number of amides is 2. The van der Waals surface area contributed by atoms with Crippen LogP contribution in [0, 0.1) is 5.82 Å². The van der Waals surface area contributed by atoms with Gasteiger partial charge < -0.3 is 15.2 Å². The van der Waals surface area contributed by atoms with Crippen LogP contribution in [0.2, 0.25) is 0 Å². The van der Waals surface area contributed by atoms with Crippen LogP contribution in [0.15, 0.2) is 29.1 Å². The number of carbonyl (C=O) groups is 2. The van der Waals surface area contributed by atoms with Gasteiger partial charge in [0.25, 0.3) is 17.4 Å². The molecule has 3 rings (SSSR count). The van der Waals surface area contributed by atoms with Crippen molar-refractivity contribution in [3.05, 3.63) is 57.1 Å². The molecule has 9 heteroatoms. The van der Waals surface area contributed by atoms with E-state index in [1.165, 1.54) is 32.4 Å². The number of hydrogen-bond donors (Lipinski definition) is 2. The summed E-state index contributed by atoms with van der Waals surface area (Å²) in [6, 6.07) is 5.19. The Hall–Kier alpha value is -3.04. The Bertz CT molecular complexity index is 950. The first kappa shape index (κ1) is 16.8. The highest BCUT2D eigenvalue weighted by Crippen LogP contribution is 2.28. The molecule has 1 aromatic heterocycles. The Kier molecular flexibility index (Phi) is 4.11. The highest BCUT2D eigenvalue weighted by Gasteiger charge is 2.32. The van der Waals surface area contributed by atoms with Gasteiger partial charge in [0.2, 0.25) is 0 Å². The first-order valence-corrected chi connectivity index (χ1v) is 7.16. The van der Waals surface area contributed by atoms with Gasteiger partial charge >= 0.3 is 0 Å². The molecule has 0 unspecified atom stereocenters. The molecule has 1 aliphatic rings. The molecule has 0 aliphatic carbocycles. The maximum Gasteiger partial charge on any atom is 0.262 e. The molecule has 25 heavy (non-hydrogen) atoms. The summed E-state index contributed by atoms with van der Waals surface area (Å²) in [5.74, 6) is -2.58. The van der Waals surface area contributed by atoms with Crippen LogP contribution in [0.3, 0.4) is 0 Å². The van der Waals surface area contributed by atoms with Crippen LogP contribution >= 0.6 is 0 Å². The second kappa shape index (κ2) is 6.11. The normalized spacial score (nSPS) is 13.3. The lowest BCUT2D eigenvalue weighted by Gasteiger charge is -2.18. The first-order chi connectivity index (χ1) is 11.9. The smallest absolute Gasteiger partial charge is 0.262 e. The quantitative estimate of drug-likeness (QED) is 0.623. The number of nitrogens with zero attached hydrogens (tertiary/aromatic N) is 1. The molecule has 0 radical (unpaired) electrons. The van der Waals surface area contributed by atoms with Crippen LogP contribution in [-0.2, 0) is 9.47 Å². The summed E-state index contributed by atoms with van der Waals surface area (Å²) in [4.78, 5) is 35.9. The van der Waals surface area contributed by atoms with Gasteiger partial charge in [-0.25, -0.2) is 4.39 Å². The van der Waals surface area contributed by atoms with Gasteiger partial charge in [-0.3, -0.25) is 24.3 Å². The van der Waals surface area contributed by atoms with Crippen LogP contribution in [0.5, 0.6) is 0 Å². The Morgan fingerprint density at radius 3 is 2.48 bits per heavy atom. The SMILES string of the molecule is COC(OC)c1cccc(-n2c(N)c3c(cc2=O)C(=O)NC3=O)c1F. The van der Waals surface area contributed by atoms with Gasteiger partial charge in [-0.1, -0.05) is 12.1 Å². The maximum atomic E-state index is 14.9. The number of nitrogens with two attached hydrogens (primary N) is 1. The van der Waals surface area contributed by atoms with Gasteiger partial charge in [0.15, 0.2) is 12.1 Å². The molecule has 1 aliphatic heterocycles. The minimum absolute atomic E-state index is 0.0508. The summed E-state index contributed by atoms with van der Waals surface area (Å²) < 4.78 is 25.8. The highest BCUT2D eigenvalue weighted by molar-refractivity contribution is 6.23. The van der Waals surface area contributed by atoms with E-state index < -0.39 is 29.5 Å². The topological polar surface area (TPSA) is 113 Å². The van der Waals surface area contributed by atoms with Crippen molar-refractivity contribution < 1.29 is 23.5 Å². The summed E-state index contributed by atoms with van der Waals surface area (Å²) in [5, 5.41) is 2.05. The highest BCUT2D eigenvalue weighted by atomic mass is 19.1. The number of ether oxygens (including phenoxy) is 2. The van der Waals surface area contributed by atoms with E-state index in [-0.39, 0.29) is 28.2 Å². The van der Waals surface area contributed by atoms with Crippen molar-refractivity contribution in [1.29, 1.82) is 0 Å². The number of benzene rings is 1. The zero-order valence-electron chi connectivity index (χ0n) is 13.3. The molecule has 2 aromatic rings. The van der Waals surface area contributed by atoms with Crippen molar-refractivity contribution in [3.63, 3.8) is 0 Å². The monoisotopic (exact) mass is 347 g/mol. The van der Waals surface area contributed by atoms with Gasteiger partial charge in [-0.15, -0.1) is 0 Å². The third kappa shape index (κ3) is 2.49. The van der Waals surface area contributed by atoms with E-state index in [1.807, 2.05) is 5.32 Å². The summed E-state index contributed by atoms with van der Waals surface area (Å²) in [6.45, 7) is 0. The molecule has 2 amide bonds. The number of halogens is 1. The number of methoxy groups -OCH3 is 2. The average molecular weight is 347 g/mol. The number of rotatable bonds is 4. The molecule has 0 saturated carbocycles. The predicted octanol–water partition coefficient (Wildman–Crippen LogP) is 0.734. The Balaban J connectivity index is 2.28. The number of hydrogen-bond acceptors (Lipinski definition) is 6. The van der Waals surface area contributed by atoms with Crippen molar-refractivity contribution in [1.82, 2.24) is 9.88 Å². The molecule has 1 aromatic carbocycles. The van der Waals surface area contributed by atoms with E-state index in [4.69, 9.17) is 15.2 Å². The van der Waals surface area contributed by atoms with Gasteiger partial charge in [-0.2, -0.15) is 0 Å². The lowest BCUT2D eigenvalue weighted by molar-refractivity contribution is -0.107. The zero-order chi connectivity index (χ0) is 18.3. The molecule has 2 heterocycles. The Labute approximate surface area is 141 Å². The van der Waals surface area contributed by atoms with Crippen LogP contribution in [0.25, 0.3) is 5.69 Å². The fraction of sp³-hybridized carbons (Fsp3) is 0.188. The van der Waals surface area contributed by atoms with E-state index in [1.54, 1.807) is 0 Å². The third-order valence-corrected chi connectivity index (χ3v) is 3.88. The zero-order valence-corrected chi connectivity index (χ0v) is 13.3. The van der Waals surface area contributed by atoms with Crippen molar-refractivity contribution in [3.8, 4) is 5.69 Å². The second-order valence-corrected chi connectivity index (χ2v) is 5.26. The van der Waals surface area contributed by atoms with E-state index in [2.05, 4.69) is 0 Å². The number of imide groups is 1. The maximum absolute atomic E-state index is 14.9. The Morgan fingerprint density at radius 1 is 1.16 bits per heavy atom. The standard InChI is InChI=1S/C16H14FN3O5/c1-24-16(25-2)7-4-3-5-9(12(7)17)20-10(21)6-8-11(13(20)18)15(23)19-14(8)22/h3-6,16H,18H2,1-2H3,(H,19,22,23). The van der Waals surface area contributed by atoms with Crippen molar-refractivity contribution in [2.45, 2.75) is 6.29 Å². The summed E-state index contributed by atoms with van der Waals surface area (Å²) in [5.41, 5.74) is 4.72. The summed E-state index contributed by atoms with van der Waals surface area (Å²) in [7, 11) is 2.68. The van der Waals surface area contributed by atoms with E-state index in [0.29, 0.717) is 0 Å². The van der Waals surface area contributed by atoms with E-state index in [9.17, 15) is 18.8 Å². The van der Waals surface area contributed by atoms with Crippen molar-refractivity contribution in [2.75, 3.05) is 20.0 Å². The molecular weight excluding hydrogens is 333 g/mol. The second-order valence-electron chi connectivity index (χ2n) is 5.26. The number of nitrogens with one attached hydrogen (secondary N) is 1. The molecule has 0 saturated heterocycles.